The number of aliphatic imine (C=N–C) groups is 1. The lowest BCUT2D eigenvalue weighted by atomic mass is 10.1. The number of rotatable bonds is 4. The molecule has 3 N–H and O–H groups in total. The van der Waals surface area contributed by atoms with Crippen LogP contribution in [0.15, 0.2) is 63.7 Å². The molecule has 1 atom stereocenters. The highest BCUT2D eigenvalue weighted by Crippen LogP contribution is 2.31. The average Bonchev–Trinajstić information content (AvgIpc) is 2.88. The predicted molar refractivity (Wildman–Crippen MR) is 97.6 cm³/mol. The summed E-state index contributed by atoms with van der Waals surface area (Å²) in [5.74, 6) is -0.504. The molecule has 7 heteroatoms. The van der Waals surface area contributed by atoms with E-state index in [1.165, 1.54) is 6.34 Å². The van der Waals surface area contributed by atoms with Gasteiger partial charge in [0.25, 0.3) is 0 Å². The Morgan fingerprint density at radius 2 is 2.26 bits per heavy atom. The van der Waals surface area contributed by atoms with Gasteiger partial charge in [0, 0.05) is 17.6 Å². The van der Waals surface area contributed by atoms with E-state index in [1.54, 1.807) is 43.1 Å². The molecule has 0 amide bonds. The lowest BCUT2D eigenvalue weighted by molar-refractivity contribution is 0.474. The van der Waals surface area contributed by atoms with Crippen LogP contribution < -0.4 is 11.1 Å². The zero-order chi connectivity index (χ0) is 17.1. The van der Waals surface area contributed by atoms with Gasteiger partial charge in [0.15, 0.2) is 5.83 Å². The number of allylic oxidation sites excluding steroid dienone is 2. The van der Waals surface area contributed by atoms with E-state index in [-0.39, 0.29) is 11.4 Å². The molecule has 1 aromatic rings. The third-order valence-electron chi connectivity index (χ3n) is 3.37. The zero-order valence-corrected chi connectivity index (χ0v) is 14.5. The van der Waals surface area contributed by atoms with Gasteiger partial charge >= 0.3 is 0 Å². The van der Waals surface area contributed by atoms with Gasteiger partial charge in [-0.3, -0.25) is 0 Å². The summed E-state index contributed by atoms with van der Waals surface area (Å²) < 4.78 is 14.9. The molecular formula is C16H18ClFN4S. The van der Waals surface area contributed by atoms with Crippen molar-refractivity contribution in [1.29, 1.82) is 0 Å². The first-order valence-electron chi connectivity index (χ1n) is 6.87. The van der Waals surface area contributed by atoms with Crippen molar-refractivity contribution in [3.63, 3.8) is 0 Å². The van der Waals surface area contributed by atoms with Crippen LogP contribution in [0.2, 0.25) is 5.02 Å². The molecule has 0 radical (unpaired) electrons. The quantitative estimate of drug-likeness (QED) is 0.719. The SMILES string of the molecule is C=C(N)C1/C(=C(F)\C(=C/C)Nc2ccc(S)cc2Cl)N=CN1C. The first-order valence-corrected chi connectivity index (χ1v) is 7.70. The van der Waals surface area contributed by atoms with Crippen LogP contribution in [-0.4, -0.2) is 24.3 Å². The molecular weight excluding hydrogens is 335 g/mol. The number of hydrogen-bond acceptors (Lipinski definition) is 5. The summed E-state index contributed by atoms with van der Waals surface area (Å²) >= 11 is 10.4. The first kappa shape index (κ1) is 17.4. The second-order valence-corrected chi connectivity index (χ2v) is 6.00. The number of nitrogens with zero attached hydrogens (tertiary/aromatic N) is 2. The fourth-order valence-electron chi connectivity index (χ4n) is 2.24. The van der Waals surface area contributed by atoms with E-state index in [1.807, 2.05) is 0 Å². The maximum absolute atomic E-state index is 14.9. The van der Waals surface area contributed by atoms with Gasteiger partial charge < -0.3 is 16.0 Å². The molecule has 23 heavy (non-hydrogen) atoms. The molecule has 122 valence electrons. The smallest absolute Gasteiger partial charge is 0.170 e. The Morgan fingerprint density at radius 1 is 1.57 bits per heavy atom. The van der Waals surface area contributed by atoms with Gasteiger partial charge in [0.05, 0.1) is 22.7 Å². The van der Waals surface area contributed by atoms with Gasteiger partial charge in [-0.25, -0.2) is 9.38 Å². The van der Waals surface area contributed by atoms with Crippen molar-refractivity contribution in [1.82, 2.24) is 4.90 Å². The molecule has 0 spiro atoms. The maximum atomic E-state index is 14.9. The lowest BCUT2D eigenvalue weighted by Crippen LogP contribution is -2.32. The molecule has 0 aromatic heterocycles. The fraction of sp³-hybridized carbons (Fsp3) is 0.188. The van der Waals surface area contributed by atoms with Gasteiger partial charge in [-0.2, -0.15) is 0 Å². The Bertz CT molecular complexity index is 727. The Balaban J connectivity index is 2.36. The number of hydrogen-bond donors (Lipinski definition) is 3. The average molecular weight is 353 g/mol. The summed E-state index contributed by atoms with van der Waals surface area (Å²) in [5, 5.41) is 3.42. The van der Waals surface area contributed by atoms with Crippen LogP contribution in [0, 0.1) is 0 Å². The van der Waals surface area contributed by atoms with E-state index >= 15 is 0 Å². The molecule has 2 rings (SSSR count). The second kappa shape index (κ2) is 7.10. The van der Waals surface area contributed by atoms with E-state index in [2.05, 4.69) is 29.5 Å². The predicted octanol–water partition coefficient (Wildman–Crippen LogP) is 3.94. The van der Waals surface area contributed by atoms with E-state index in [9.17, 15) is 4.39 Å². The van der Waals surface area contributed by atoms with Gasteiger partial charge in [0.2, 0.25) is 0 Å². The van der Waals surface area contributed by atoms with Crippen molar-refractivity contribution in [2.45, 2.75) is 17.9 Å². The van der Waals surface area contributed by atoms with E-state index < -0.39 is 11.9 Å². The Morgan fingerprint density at radius 3 is 2.83 bits per heavy atom. The third-order valence-corrected chi connectivity index (χ3v) is 3.96. The monoisotopic (exact) mass is 352 g/mol. The minimum Gasteiger partial charge on any atom is -0.400 e. The largest absolute Gasteiger partial charge is 0.400 e. The first-order chi connectivity index (χ1) is 10.8. The van der Waals surface area contributed by atoms with E-state index in [0.29, 0.717) is 16.4 Å². The van der Waals surface area contributed by atoms with Crippen LogP contribution in [0.3, 0.4) is 0 Å². The van der Waals surface area contributed by atoms with Crippen molar-refractivity contribution in [2.75, 3.05) is 12.4 Å². The van der Waals surface area contributed by atoms with Gasteiger partial charge in [-0.05, 0) is 25.1 Å². The number of nitrogens with two attached hydrogens (primary N) is 1. The molecule has 1 aliphatic rings. The minimum absolute atomic E-state index is 0.211. The number of nitrogens with one attached hydrogen (secondary N) is 1. The van der Waals surface area contributed by atoms with Gasteiger partial charge in [0.1, 0.15) is 11.7 Å². The lowest BCUT2D eigenvalue weighted by Gasteiger charge is -2.21. The van der Waals surface area contributed by atoms with Crippen LogP contribution in [0.25, 0.3) is 0 Å². The van der Waals surface area contributed by atoms with Crippen molar-refractivity contribution >= 4 is 36.3 Å². The number of halogens is 2. The number of thiol groups is 1. The van der Waals surface area contributed by atoms with Crippen LogP contribution in [0.4, 0.5) is 10.1 Å². The molecule has 1 aliphatic heterocycles. The number of likely N-dealkylation sites (N-methyl/N-ethyl adjacent to an activating group) is 1. The summed E-state index contributed by atoms with van der Waals surface area (Å²) in [5.41, 5.74) is 7.13. The van der Waals surface area contributed by atoms with Crippen LogP contribution >= 0.6 is 24.2 Å². The molecule has 1 unspecified atom stereocenters. The van der Waals surface area contributed by atoms with Crippen LogP contribution in [-0.2, 0) is 0 Å². The Hall–Kier alpha value is -1.92. The highest BCUT2D eigenvalue weighted by Gasteiger charge is 2.29. The highest BCUT2D eigenvalue weighted by atomic mass is 35.5. The highest BCUT2D eigenvalue weighted by molar-refractivity contribution is 7.80. The van der Waals surface area contributed by atoms with E-state index in [0.717, 1.165) is 4.90 Å². The summed E-state index contributed by atoms with van der Waals surface area (Å²) in [6.45, 7) is 5.42. The number of benzene rings is 1. The maximum Gasteiger partial charge on any atom is 0.170 e. The molecule has 0 saturated heterocycles. The van der Waals surface area contributed by atoms with Gasteiger partial charge in [-0.15, -0.1) is 12.6 Å². The number of anilines is 1. The van der Waals surface area contributed by atoms with Crippen LogP contribution in [0.1, 0.15) is 6.92 Å². The Kier molecular flexibility index (Phi) is 5.38. The second-order valence-electron chi connectivity index (χ2n) is 5.08. The van der Waals surface area contributed by atoms with Crippen molar-refractivity contribution < 1.29 is 4.39 Å². The standard InChI is InChI=1S/C16H18ClFN4S/c1-4-12(21-13-6-5-10(23)7-11(13)17)14(18)15-16(9(2)19)22(3)8-20-15/h4-8,16,21,23H,2,19H2,1,3H3/b12-4+,15-14-. The molecule has 1 aromatic carbocycles. The molecule has 0 fully saturated rings. The van der Waals surface area contributed by atoms with E-state index in [4.69, 9.17) is 17.3 Å². The minimum atomic E-state index is -0.504. The fourth-order valence-corrected chi connectivity index (χ4v) is 2.75. The van der Waals surface area contributed by atoms with Crippen molar-refractivity contribution in [2.24, 2.45) is 10.7 Å². The molecule has 1 heterocycles. The normalized spacial score (nSPS) is 20.0. The molecule has 0 bridgehead atoms. The molecule has 0 aliphatic carbocycles. The van der Waals surface area contributed by atoms with Crippen LogP contribution in [0.5, 0.6) is 0 Å². The summed E-state index contributed by atoms with van der Waals surface area (Å²) in [6.07, 6.45) is 3.13. The van der Waals surface area contributed by atoms with Crippen molar-refractivity contribution in [3.8, 4) is 0 Å². The van der Waals surface area contributed by atoms with Crippen molar-refractivity contribution in [3.05, 3.63) is 58.8 Å². The molecule has 0 saturated carbocycles. The van der Waals surface area contributed by atoms with Gasteiger partial charge in [-0.1, -0.05) is 24.3 Å². The molecule has 4 nitrogen and oxygen atoms in total. The summed E-state index contributed by atoms with van der Waals surface area (Å²) in [4.78, 5) is 6.53. The Labute approximate surface area is 145 Å². The zero-order valence-electron chi connectivity index (χ0n) is 12.8. The third kappa shape index (κ3) is 3.71. The topological polar surface area (TPSA) is 53.6 Å². The summed E-state index contributed by atoms with van der Waals surface area (Å²) in [7, 11) is 1.76. The summed E-state index contributed by atoms with van der Waals surface area (Å²) in [6, 6.07) is 4.68.